The van der Waals surface area contributed by atoms with E-state index < -0.39 is 9.84 Å². The molecule has 4 nitrogen and oxygen atoms in total. The molecule has 0 amide bonds. The van der Waals surface area contributed by atoms with Crippen molar-refractivity contribution in [2.24, 2.45) is 0 Å². The standard InChI is InChI=1S/C16H24N2O2S/c1-13-3-2-4-16(11-13)18-8-5-14(6-9-18)17-15-7-10-21(19,20)12-15/h2-4,11,14-15,17H,5-10,12H2,1H3. The molecule has 3 rings (SSSR count). The van der Waals surface area contributed by atoms with E-state index >= 15 is 0 Å². The predicted octanol–water partition coefficient (Wildman–Crippen LogP) is 1.74. The highest BCUT2D eigenvalue weighted by Gasteiger charge is 2.30. The summed E-state index contributed by atoms with van der Waals surface area (Å²) in [5.41, 5.74) is 2.60. The zero-order chi connectivity index (χ0) is 14.9. The topological polar surface area (TPSA) is 49.4 Å². The van der Waals surface area contributed by atoms with E-state index in [0.29, 0.717) is 17.5 Å². The van der Waals surface area contributed by atoms with Crippen LogP contribution in [0.4, 0.5) is 5.69 Å². The number of aryl methyl sites for hydroxylation is 1. The fourth-order valence-electron chi connectivity index (χ4n) is 3.39. The number of sulfone groups is 1. The number of hydrogen-bond donors (Lipinski definition) is 1. The normalized spacial score (nSPS) is 26.1. The SMILES string of the molecule is Cc1cccc(N2CCC(NC3CCS(=O)(=O)C3)CC2)c1. The Bertz CT molecular complexity index is 592. The van der Waals surface area contributed by atoms with E-state index in [1.165, 1.54) is 11.3 Å². The third-order valence-electron chi connectivity index (χ3n) is 4.57. The molecule has 1 aromatic rings. The first-order valence-electron chi connectivity index (χ1n) is 7.80. The first-order chi connectivity index (χ1) is 10.0. The Morgan fingerprint density at radius 3 is 2.52 bits per heavy atom. The molecule has 2 aliphatic heterocycles. The van der Waals surface area contributed by atoms with E-state index in [4.69, 9.17) is 0 Å². The fraction of sp³-hybridized carbons (Fsp3) is 0.625. The molecule has 0 radical (unpaired) electrons. The van der Waals surface area contributed by atoms with E-state index in [2.05, 4.69) is 41.4 Å². The van der Waals surface area contributed by atoms with Crippen LogP contribution in [0.2, 0.25) is 0 Å². The van der Waals surface area contributed by atoms with Crippen LogP contribution >= 0.6 is 0 Å². The maximum absolute atomic E-state index is 11.5. The van der Waals surface area contributed by atoms with Crippen LogP contribution in [-0.2, 0) is 9.84 Å². The molecule has 0 bridgehead atoms. The summed E-state index contributed by atoms with van der Waals surface area (Å²) < 4.78 is 23.0. The van der Waals surface area contributed by atoms with E-state index in [1.807, 2.05) is 0 Å². The monoisotopic (exact) mass is 308 g/mol. The van der Waals surface area contributed by atoms with E-state index in [9.17, 15) is 8.42 Å². The lowest BCUT2D eigenvalue weighted by atomic mass is 10.0. The minimum Gasteiger partial charge on any atom is -0.371 e. The Kier molecular flexibility index (Phi) is 4.22. The van der Waals surface area contributed by atoms with Gasteiger partial charge in [-0.05, 0) is 43.9 Å². The lowest BCUT2D eigenvalue weighted by Crippen LogP contribution is -2.46. The van der Waals surface area contributed by atoms with Gasteiger partial charge < -0.3 is 10.2 Å². The van der Waals surface area contributed by atoms with Crippen molar-refractivity contribution in [1.29, 1.82) is 0 Å². The molecule has 0 spiro atoms. The van der Waals surface area contributed by atoms with Crippen LogP contribution in [0.1, 0.15) is 24.8 Å². The second kappa shape index (κ2) is 5.97. The van der Waals surface area contributed by atoms with Gasteiger partial charge in [-0.2, -0.15) is 0 Å². The molecule has 116 valence electrons. The third-order valence-corrected chi connectivity index (χ3v) is 6.33. The van der Waals surface area contributed by atoms with Crippen molar-refractivity contribution < 1.29 is 8.42 Å². The molecule has 0 saturated carbocycles. The van der Waals surface area contributed by atoms with Gasteiger partial charge in [0, 0.05) is 30.9 Å². The van der Waals surface area contributed by atoms with Crippen molar-refractivity contribution in [3.63, 3.8) is 0 Å². The van der Waals surface area contributed by atoms with Gasteiger partial charge in [0.1, 0.15) is 0 Å². The van der Waals surface area contributed by atoms with Crippen LogP contribution in [0.15, 0.2) is 24.3 Å². The molecule has 5 heteroatoms. The molecule has 1 N–H and O–H groups in total. The Labute approximate surface area is 127 Å². The summed E-state index contributed by atoms with van der Waals surface area (Å²) in [4.78, 5) is 2.43. The maximum Gasteiger partial charge on any atom is 0.151 e. The Balaban J connectivity index is 1.51. The molecule has 2 heterocycles. The zero-order valence-corrected chi connectivity index (χ0v) is 13.4. The Morgan fingerprint density at radius 1 is 1.14 bits per heavy atom. The van der Waals surface area contributed by atoms with E-state index in [0.717, 1.165) is 32.4 Å². The number of anilines is 1. The summed E-state index contributed by atoms with van der Waals surface area (Å²) in [6, 6.07) is 9.27. The molecule has 0 aromatic heterocycles. The number of benzene rings is 1. The second-order valence-corrected chi connectivity index (χ2v) is 8.60. The smallest absolute Gasteiger partial charge is 0.151 e. The average molecular weight is 308 g/mol. The van der Waals surface area contributed by atoms with Crippen molar-refractivity contribution >= 4 is 15.5 Å². The highest BCUT2D eigenvalue weighted by atomic mass is 32.2. The van der Waals surface area contributed by atoms with Gasteiger partial charge in [-0.3, -0.25) is 0 Å². The van der Waals surface area contributed by atoms with Crippen LogP contribution in [0.3, 0.4) is 0 Å². The van der Waals surface area contributed by atoms with Gasteiger partial charge in [0.2, 0.25) is 0 Å². The van der Waals surface area contributed by atoms with Crippen LogP contribution in [-0.4, -0.2) is 45.1 Å². The van der Waals surface area contributed by atoms with Gasteiger partial charge in [0.25, 0.3) is 0 Å². The molecule has 2 saturated heterocycles. The zero-order valence-electron chi connectivity index (χ0n) is 12.6. The first-order valence-corrected chi connectivity index (χ1v) is 9.62. The van der Waals surface area contributed by atoms with Gasteiger partial charge >= 0.3 is 0 Å². The van der Waals surface area contributed by atoms with Crippen LogP contribution < -0.4 is 10.2 Å². The van der Waals surface area contributed by atoms with Crippen LogP contribution in [0.5, 0.6) is 0 Å². The van der Waals surface area contributed by atoms with Crippen LogP contribution in [0.25, 0.3) is 0 Å². The van der Waals surface area contributed by atoms with Crippen LogP contribution in [0, 0.1) is 6.92 Å². The predicted molar refractivity (Wildman–Crippen MR) is 86.6 cm³/mol. The number of hydrogen-bond acceptors (Lipinski definition) is 4. The quantitative estimate of drug-likeness (QED) is 0.924. The molecule has 1 aromatic carbocycles. The van der Waals surface area contributed by atoms with Crippen molar-refractivity contribution in [3.8, 4) is 0 Å². The largest absolute Gasteiger partial charge is 0.371 e. The van der Waals surface area contributed by atoms with Crippen molar-refractivity contribution in [1.82, 2.24) is 5.32 Å². The highest BCUT2D eigenvalue weighted by molar-refractivity contribution is 7.91. The summed E-state index contributed by atoms with van der Waals surface area (Å²) in [7, 11) is -2.78. The van der Waals surface area contributed by atoms with E-state index in [-0.39, 0.29) is 6.04 Å². The summed E-state index contributed by atoms with van der Waals surface area (Å²) in [6.45, 7) is 4.21. The minimum atomic E-state index is -2.78. The highest BCUT2D eigenvalue weighted by Crippen LogP contribution is 2.22. The molecule has 1 atom stereocenters. The number of piperidine rings is 1. The number of rotatable bonds is 3. The number of nitrogens with one attached hydrogen (secondary N) is 1. The fourth-order valence-corrected chi connectivity index (χ4v) is 5.08. The van der Waals surface area contributed by atoms with Gasteiger partial charge in [-0.15, -0.1) is 0 Å². The molecule has 2 fully saturated rings. The lowest BCUT2D eigenvalue weighted by molar-refractivity contribution is 0.379. The van der Waals surface area contributed by atoms with Gasteiger partial charge in [0.05, 0.1) is 11.5 Å². The maximum atomic E-state index is 11.5. The second-order valence-electron chi connectivity index (χ2n) is 6.37. The molecule has 1 unspecified atom stereocenters. The first kappa shape index (κ1) is 14.9. The minimum absolute atomic E-state index is 0.172. The molecular weight excluding hydrogens is 284 g/mol. The van der Waals surface area contributed by atoms with Gasteiger partial charge in [-0.25, -0.2) is 8.42 Å². The molecule has 2 aliphatic rings. The lowest BCUT2D eigenvalue weighted by Gasteiger charge is -2.35. The van der Waals surface area contributed by atoms with Crippen molar-refractivity contribution in [2.45, 2.75) is 38.3 Å². The molecule has 0 aliphatic carbocycles. The number of nitrogens with zero attached hydrogens (tertiary/aromatic N) is 1. The molecule has 21 heavy (non-hydrogen) atoms. The summed E-state index contributed by atoms with van der Waals surface area (Å²) in [5, 5.41) is 3.55. The average Bonchev–Trinajstić information content (AvgIpc) is 2.79. The van der Waals surface area contributed by atoms with E-state index in [1.54, 1.807) is 0 Å². The van der Waals surface area contributed by atoms with Crippen molar-refractivity contribution in [3.05, 3.63) is 29.8 Å². The molecular formula is C16H24N2O2S. The third kappa shape index (κ3) is 3.77. The summed E-state index contributed by atoms with van der Waals surface area (Å²) in [5.74, 6) is 0.678. The summed E-state index contributed by atoms with van der Waals surface area (Å²) >= 11 is 0. The summed E-state index contributed by atoms with van der Waals surface area (Å²) in [6.07, 6.45) is 2.95. The Morgan fingerprint density at radius 2 is 1.90 bits per heavy atom. The Hall–Kier alpha value is -1.07. The van der Waals surface area contributed by atoms with Crippen molar-refractivity contribution in [2.75, 3.05) is 29.5 Å². The van der Waals surface area contributed by atoms with Gasteiger partial charge in [0.15, 0.2) is 9.84 Å². The van der Waals surface area contributed by atoms with Gasteiger partial charge in [-0.1, -0.05) is 12.1 Å².